The number of nitrogens with zero attached hydrogens (tertiary/aromatic N) is 1. The summed E-state index contributed by atoms with van der Waals surface area (Å²) in [5.41, 5.74) is 2.21. The summed E-state index contributed by atoms with van der Waals surface area (Å²) in [4.78, 5) is 2.53. The first-order chi connectivity index (χ1) is 13.5. The van der Waals surface area contributed by atoms with Crippen molar-refractivity contribution in [3.05, 3.63) is 76.8 Å². The Balaban J connectivity index is 1.82. The molecule has 2 atom stereocenters. The highest BCUT2D eigenvalue weighted by Crippen LogP contribution is 2.47. The van der Waals surface area contributed by atoms with Gasteiger partial charge in [-0.1, -0.05) is 61.8 Å². The van der Waals surface area contributed by atoms with E-state index >= 15 is 0 Å². The standard InChI is InChI=1S/C22H23ClN2O2S/c1-3-25(4-2)22-19-10-6-8-15-7-5-9-18(20(15)19)21(22)24-28(26,27)17-13-11-16(23)12-14-17/h5-14,21-22,24H,3-4H2,1-2H3/t21-,22+/m1/s1. The van der Waals surface area contributed by atoms with Crippen LogP contribution in [0.2, 0.25) is 5.02 Å². The zero-order valence-electron chi connectivity index (χ0n) is 15.9. The summed E-state index contributed by atoms with van der Waals surface area (Å²) < 4.78 is 29.3. The van der Waals surface area contributed by atoms with Gasteiger partial charge in [-0.3, -0.25) is 4.90 Å². The van der Waals surface area contributed by atoms with Gasteiger partial charge >= 0.3 is 0 Å². The maximum atomic E-state index is 13.1. The molecule has 4 nitrogen and oxygen atoms in total. The molecule has 3 aromatic carbocycles. The van der Waals surface area contributed by atoms with E-state index in [9.17, 15) is 8.42 Å². The molecule has 0 bridgehead atoms. The minimum Gasteiger partial charge on any atom is -0.295 e. The first-order valence-corrected chi connectivity index (χ1v) is 11.4. The van der Waals surface area contributed by atoms with Gasteiger partial charge < -0.3 is 0 Å². The van der Waals surface area contributed by atoms with Crippen LogP contribution in [0.1, 0.15) is 37.1 Å². The topological polar surface area (TPSA) is 49.4 Å². The highest BCUT2D eigenvalue weighted by molar-refractivity contribution is 7.89. The van der Waals surface area contributed by atoms with Crippen molar-refractivity contribution >= 4 is 32.4 Å². The lowest BCUT2D eigenvalue weighted by molar-refractivity contribution is 0.190. The van der Waals surface area contributed by atoms with Crippen molar-refractivity contribution < 1.29 is 8.42 Å². The normalized spacial score (nSPS) is 18.9. The molecule has 0 aromatic heterocycles. The van der Waals surface area contributed by atoms with Crippen LogP contribution < -0.4 is 4.72 Å². The fourth-order valence-electron chi connectivity index (χ4n) is 4.26. The number of benzene rings is 3. The van der Waals surface area contributed by atoms with E-state index in [0.29, 0.717) is 5.02 Å². The molecule has 0 fully saturated rings. The minimum atomic E-state index is -3.69. The van der Waals surface area contributed by atoms with Gasteiger partial charge in [-0.25, -0.2) is 13.1 Å². The van der Waals surface area contributed by atoms with Crippen molar-refractivity contribution in [1.29, 1.82) is 0 Å². The molecule has 0 amide bonds. The second-order valence-corrected chi connectivity index (χ2v) is 9.16. The molecule has 3 aromatic rings. The number of sulfonamides is 1. The SMILES string of the molecule is CCN(CC)[C@H]1c2cccc3cccc(c23)[C@H]1NS(=O)(=O)c1ccc(Cl)cc1. The summed E-state index contributed by atoms with van der Waals surface area (Å²) in [6, 6.07) is 18.2. The molecule has 0 unspecified atom stereocenters. The molecule has 0 saturated carbocycles. The van der Waals surface area contributed by atoms with Crippen LogP contribution in [-0.4, -0.2) is 26.4 Å². The lowest BCUT2D eigenvalue weighted by Gasteiger charge is -2.32. The molecule has 0 heterocycles. The second kappa shape index (κ2) is 7.48. The van der Waals surface area contributed by atoms with Crippen molar-refractivity contribution in [1.82, 2.24) is 9.62 Å². The number of halogens is 1. The molecule has 28 heavy (non-hydrogen) atoms. The molecule has 1 N–H and O–H groups in total. The van der Waals surface area contributed by atoms with E-state index in [-0.39, 0.29) is 17.0 Å². The van der Waals surface area contributed by atoms with Crippen molar-refractivity contribution in [2.75, 3.05) is 13.1 Å². The Morgan fingerprint density at radius 3 is 2.14 bits per heavy atom. The Hall–Kier alpha value is -1.92. The number of nitrogens with one attached hydrogen (secondary N) is 1. The van der Waals surface area contributed by atoms with Crippen LogP contribution in [0.5, 0.6) is 0 Å². The smallest absolute Gasteiger partial charge is 0.241 e. The van der Waals surface area contributed by atoms with E-state index in [0.717, 1.165) is 29.4 Å². The van der Waals surface area contributed by atoms with E-state index in [1.165, 1.54) is 5.56 Å². The van der Waals surface area contributed by atoms with Crippen LogP contribution in [0.25, 0.3) is 10.8 Å². The van der Waals surface area contributed by atoms with Crippen molar-refractivity contribution in [2.45, 2.75) is 30.8 Å². The molecule has 0 radical (unpaired) electrons. The number of hydrogen-bond donors (Lipinski definition) is 1. The summed E-state index contributed by atoms with van der Waals surface area (Å²) in [5.74, 6) is 0. The summed E-state index contributed by atoms with van der Waals surface area (Å²) in [7, 11) is -3.69. The van der Waals surface area contributed by atoms with Crippen LogP contribution >= 0.6 is 11.6 Å². The maximum absolute atomic E-state index is 13.1. The van der Waals surface area contributed by atoms with Crippen LogP contribution in [0, 0.1) is 0 Å². The predicted octanol–water partition coefficient (Wildman–Crippen LogP) is 4.91. The van der Waals surface area contributed by atoms with Crippen molar-refractivity contribution in [3.8, 4) is 0 Å². The third-order valence-corrected chi connectivity index (χ3v) is 7.26. The van der Waals surface area contributed by atoms with E-state index in [1.54, 1.807) is 24.3 Å². The molecule has 146 valence electrons. The minimum absolute atomic E-state index is 0.0434. The highest BCUT2D eigenvalue weighted by atomic mass is 35.5. The Morgan fingerprint density at radius 2 is 1.54 bits per heavy atom. The average Bonchev–Trinajstić information content (AvgIpc) is 2.99. The monoisotopic (exact) mass is 414 g/mol. The van der Waals surface area contributed by atoms with Crippen molar-refractivity contribution in [3.63, 3.8) is 0 Å². The predicted molar refractivity (Wildman–Crippen MR) is 114 cm³/mol. The molecule has 0 spiro atoms. The fourth-order valence-corrected chi connectivity index (χ4v) is 5.60. The summed E-state index contributed by atoms with van der Waals surface area (Å²) in [6.45, 7) is 5.89. The lowest BCUT2D eigenvalue weighted by Crippen LogP contribution is -2.38. The van der Waals surface area contributed by atoms with Gasteiger partial charge in [0.2, 0.25) is 10.0 Å². The van der Waals surface area contributed by atoms with Gasteiger partial charge in [0.25, 0.3) is 0 Å². The third kappa shape index (κ3) is 3.22. The van der Waals surface area contributed by atoms with Gasteiger partial charge in [-0.15, -0.1) is 0 Å². The van der Waals surface area contributed by atoms with Crippen molar-refractivity contribution in [2.24, 2.45) is 0 Å². The van der Waals surface area contributed by atoms with Gasteiger partial charge in [0.05, 0.1) is 17.0 Å². The number of likely N-dealkylation sites (N-methyl/N-ethyl adjacent to an activating group) is 1. The van der Waals surface area contributed by atoms with E-state index in [2.05, 4.69) is 41.7 Å². The zero-order valence-corrected chi connectivity index (χ0v) is 17.5. The maximum Gasteiger partial charge on any atom is 0.241 e. The van der Waals surface area contributed by atoms with Gasteiger partial charge in [-0.05, 0) is 59.3 Å². The fraction of sp³-hybridized carbons (Fsp3) is 0.273. The molecule has 6 heteroatoms. The first-order valence-electron chi connectivity index (χ1n) is 9.49. The Bertz CT molecular complexity index is 1100. The van der Waals surface area contributed by atoms with E-state index in [4.69, 9.17) is 11.6 Å². The molecule has 0 saturated heterocycles. The summed E-state index contributed by atoms with van der Waals surface area (Å²) in [6.07, 6.45) is 0. The van der Waals surface area contributed by atoms with E-state index in [1.807, 2.05) is 18.2 Å². The van der Waals surface area contributed by atoms with Crippen LogP contribution in [0.3, 0.4) is 0 Å². The summed E-state index contributed by atoms with van der Waals surface area (Å²) in [5, 5.41) is 2.81. The molecular formula is C22H23ClN2O2S. The Labute approximate surface area is 171 Å². The molecular weight excluding hydrogens is 392 g/mol. The van der Waals surface area contributed by atoms with Gasteiger partial charge in [-0.2, -0.15) is 0 Å². The highest BCUT2D eigenvalue weighted by Gasteiger charge is 2.39. The number of rotatable bonds is 6. The molecule has 0 aliphatic heterocycles. The van der Waals surface area contributed by atoms with Gasteiger partial charge in [0.15, 0.2) is 0 Å². The average molecular weight is 415 g/mol. The van der Waals surface area contributed by atoms with Crippen LogP contribution in [0.15, 0.2) is 65.6 Å². The lowest BCUT2D eigenvalue weighted by atomic mass is 10.0. The Morgan fingerprint density at radius 1 is 0.929 bits per heavy atom. The summed E-state index contributed by atoms with van der Waals surface area (Å²) >= 11 is 5.93. The van der Waals surface area contributed by atoms with Gasteiger partial charge in [0, 0.05) is 5.02 Å². The van der Waals surface area contributed by atoms with Crippen LogP contribution in [-0.2, 0) is 10.0 Å². The second-order valence-electron chi connectivity index (χ2n) is 7.01. The Kier molecular flexibility index (Phi) is 5.19. The quantitative estimate of drug-likeness (QED) is 0.623. The zero-order chi connectivity index (χ0) is 19.9. The molecule has 1 aliphatic rings. The molecule has 1 aliphatic carbocycles. The number of hydrogen-bond acceptors (Lipinski definition) is 3. The molecule has 4 rings (SSSR count). The first kappa shape index (κ1) is 19.4. The van der Waals surface area contributed by atoms with Crippen LogP contribution in [0.4, 0.5) is 0 Å². The third-order valence-electron chi connectivity index (χ3n) is 5.55. The largest absolute Gasteiger partial charge is 0.295 e. The van der Waals surface area contributed by atoms with E-state index < -0.39 is 10.0 Å². The van der Waals surface area contributed by atoms with Gasteiger partial charge in [0.1, 0.15) is 0 Å².